The normalized spacial score (nSPS) is 14.8. The molecule has 2 aromatic rings. The fourth-order valence-corrected chi connectivity index (χ4v) is 5.54. The molecule has 2 amide bonds. The van der Waals surface area contributed by atoms with E-state index in [1.165, 1.54) is 16.7 Å². The zero-order valence-corrected chi connectivity index (χ0v) is 21.5. The molecule has 0 bridgehead atoms. The monoisotopic (exact) mass is 486 g/mol. The number of nitrogens with one attached hydrogen (secondary N) is 1. The van der Waals surface area contributed by atoms with Crippen LogP contribution >= 0.6 is 23.4 Å². The van der Waals surface area contributed by atoms with Crippen LogP contribution in [0.1, 0.15) is 61.3 Å². The molecule has 1 saturated carbocycles. The van der Waals surface area contributed by atoms with Crippen molar-refractivity contribution in [2.24, 2.45) is 0 Å². The van der Waals surface area contributed by atoms with Crippen molar-refractivity contribution in [1.82, 2.24) is 10.2 Å². The van der Waals surface area contributed by atoms with Gasteiger partial charge in [-0.3, -0.25) is 9.59 Å². The molecule has 1 fully saturated rings. The lowest BCUT2D eigenvalue weighted by Gasteiger charge is -2.31. The van der Waals surface area contributed by atoms with E-state index in [0.717, 1.165) is 37.0 Å². The molecule has 178 valence electrons. The molecule has 4 nitrogen and oxygen atoms in total. The quantitative estimate of drug-likeness (QED) is 0.444. The van der Waals surface area contributed by atoms with Crippen molar-refractivity contribution in [1.29, 1.82) is 0 Å². The zero-order chi connectivity index (χ0) is 23.8. The van der Waals surface area contributed by atoms with Gasteiger partial charge in [-0.1, -0.05) is 72.8 Å². The van der Waals surface area contributed by atoms with E-state index in [4.69, 9.17) is 11.6 Å². The first kappa shape index (κ1) is 25.6. The van der Waals surface area contributed by atoms with E-state index < -0.39 is 6.04 Å². The Morgan fingerprint density at radius 2 is 1.70 bits per heavy atom. The van der Waals surface area contributed by atoms with Crippen molar-refractivity contribution in [3.63, 3.8) is 0 Å². The lowest BCUT2D eigenvalue weighted by atomic mass is 10.1. The standard InChI is InChI=1S/C27H35ClN2O2S/c1-4-25(27(32)29-24-7-5-6-8-24)30(16-21-9-11-23(28)12-10-21)26(31)18-33-17-22-14-19(2)13-20(3)15-22/h9-15,24-25H,4-8,16-18H2,1-3H3,(H,29,32). The number of benzene rings is 2. The molecule has 6 heteroatoms. The van der Waals surface area contributed by atoms with Crippen LogP contribution in [0.15, 0.2) is 42.5 Å². The van der Waals surface area contributed by atoms with Crippen LogP contribution in [0.25, 0.3) is 0 Å². The van der Waals surface area contributed by atoms with Gasteiger partial charge in [0, 0.05) is 23.4 Å². The van der Waals surface area contributed by atoms with Crippen LogP contribution < -0.4 is 5.32 Å². The molecule has 0 aliphatic heterocycles. The molecular formula is C27H35ClN2O2S. The molecule has 0 heterocycles. The van der Waals surface area contributed by atoms with Gasteiger partial charge in [0.25, 0.3) is 0 Å². The summed E-state index contributed by atoms with van der Waals surface area (Å²) >= 11 is 7.65. The summed E-state index contributed by atoms with van der Waals surface area (Å²) in [6, 6.07) is 13.7. The SMILES string of the molecule is CCC(C(=O)NC1CCCC1)N(Cc1ccc(Cl)cc1)C(=O)CSCc1cc(C)cc(C)c1. The van der Waals surface area contributed by atoms with E-state index in [9.17, 15) is 9.59 Å². The molecule has 1 N–H and O–H groups in total. The number of thioether (sulfide) groups is 1. The Hall–Kier alpha value is -1.98. The second-order valence-electron chi connectivity index (χ2n) is 9.05. The molecule has 0 saturated heterocycles. The van der Waals surface area contributed by atoms with Crippen molar-refractivity contribution in [2.75, 3.05) is 5.75 Å². The molecule has 1 unspecified atom stereocenters. The van der Waals surface area contributed by atoms with E-state index in [1.807, 2.05) is 31.2 Å². The summed E-state index contributed by atoms with van der Waals surface area (Å²) in [5, 5.41) is 3.85. The topological polar surface area (TPSA) is 49.4 Å². The highest BCUT2D eigenvalue weighted by atomic mass is 35.5. The predicted molar refractivity (Wildman–Crippen MR) is 139 cm³/mol. The summed E-state index contributed by atoms with van der Waals surface area (Å²) < 4.78 is 0. The minimum Gasteiger partial charge on any atom is -0.352 e. The van der Waals surface area contributed by atoms with Gasteiger partial charge in [0.1, 0.15) is 6.04 Å². The number of rotatable bonds is 10. The Morgan fingerprint density at radius 1 is 1.06 bits per heavy atom. The number of amides is 2. The Bertz CT molecular complexity index is 921. The van der Waals surface area contributed by atoms with Gasteiger partial charge < -0.3 is 10.2 Å². The predicted octanol–water partition coefficient (Wildman–Crippen LogP) is 6.06. The third kappa shape index (κ3) is 7.79. The second-order valence-corrected chi connectivity index (χ2v) is 10.5. The van der Waals surface area contributed by atoms with Crippen molar-refractivity contribution in [3.05, 3.63) is 69.7 Å². The molecule has 0 aromatic heterocycles. The van der Waals surface area contributed by atoms with Gasteiger partial charge in [-0.05, 0) is 56.4 Å². The van der Waals surface area contributed by atoms with Crippen LogP contribution in [0, 0.1) is 13.8 Å². The number of carbonyl (C=O) groups is 2. The van der Waals surface area contributed by atoms with Gasteiger partial charge in [0.05, 0.1) is 5.75 Å². The van der Waals surface area contributed by atoms with Gasteiger partial charge in [0.2, 0.25) is 11.8 Å². The van der Waals surface area contributed by atoms with Crippen molar-refractivity contribution in [3.8, 4) is 0 Å². The summed E-state index contributed by atoms with van der Waals surface area (Å²) in [5.41, 5.74) is 4.66. The van der Waals surface area contributed by atoms with E-state index in [2.05, 4.69) is 37.4 Å². The number of hydrogen-bond acceptors (Lipinski definition) is 3. The Morgan fingerprint density at radius 3 is 2.30 bits per heavy atom. The first-order chi connectivity index (χ1) is 15.9. The third-order valence-electron chi connectivity index (χ3n) is 6.13. The van der Waals surface area contributed by atoms with E-state index >= 15 is 0 Å². The number of aryl methyl sites for hydroxylation is 2. The van der Waals surface area contributed by atoms with Crippen molar-refractivity contribution in [2.45, 2.75) is 77.3 Å². The minimum atomic E-state index is -0.476. The molecule has 33 heavy (non-hydrogen) atoms. The maximum absolute atomic E-state index is 13.4. The number of hydrogen-bond donors (Lipinski definition) is 1. The molecule has 0 radical (unpaired) electrons. The molecule has 1 aliphatic rings. The van der Waals surface area contributed by atoms with E-state index in [1.54, 1.807) is 16.7 Å². The fraction of sp³-hybridized carbons (Fsp3) is 0.481. The molecular weight excluding hydrogens is 452 g/mol. The number of halogens is 1. The van der Waals surface area contributed by atoms with Gasteiger partial charge in [-0.25, -0.2) is 0 Å². The van der Waals surface area contributed by atoms with Gasteiger partial charge in [-0.15, -0.1) is 11.8 Å². The number of carbonyl (C=O) groups excluding carboxylic acids is 2. The molecule has 1 atom stereocenters. The summed E-state index contributed by atoms with van der Waals surface area (Å²) in [6.45, 7) is 6.56. The zero-order valence-electron chi connectivity index (χ0n) is 19.9. The van der Waals surface area contributed by atoms with Crippen LogP contribution in [0.3, 0.4) is 0 Å². The molecule has 0 spiro atoms. The molecule has 3 rings (SSSR count). The summed E-state index contributed by atoms with van der Waals surface area (Å²) in [7, 11) is 0. The highest BCUT2D eigenvalue weighted by Gasteiger charge is 2.30. The maximum Gasteiger partial charge on any atom is 0.243 e. The second kappa shape index (κ2) is 12.5. The van der Waals surface area contributed by atoms with Gasteiger partial charge in [0.15, 0.2) is 0 Å². The average molecular weight is 487 g/mol. The van der Waals surface area contributed by atoms with Gasteiger partial charge in [-0.2, -0.15) is 0 Å². The van der Waals surface area contributed by atoms with Crippen LogP contribution in [0.5, 0.6) is 0 Å². The van der Waals surface area contributed by atoms with Crippen LogP contribution in [-0.2, 0) is 21.9 Å². The Kier molecular flexibility index (Phi) is 9.69. The summed E-state index contributed by atoms with van der Waals surface area (Å²) in [5.74, 6) is 1.07. The van der Waals surface area contributed by atoms with Crippen LogP contribution in [-0.4, -0.2) is 34.6 Å². The summed E-state index contributed by atoms with van der Waals surface area (Å²) in [6.07, 6.45) is 4.95. The first-order valence-electron chi connectivity index (χ1n) is 11.8. The highest BCUT2D eigenvalue weighted by Crippen LogP contribution is 2.21. The van der Waals surface area contributed by atoms with E-state index in [0.29, 0.717) is 23.7 Å². The highest BCUT2D eigenvalue weighted by molar-refractivity contribution is 7.99. The third-order valence-corrected chi connectivity index (χ3v) is 7.37. The first-order valence-corrected chi connectivity index (χ1v) is 13.4. The van der Waals surface area contributed by atoms with Crippen LogP contribution in [0.2, 0.25) is 5.02 Å². The maximum atomic E-state index is 13.4. The lowest BCUT2D eigenvalue weighted by molar-refractivity contribution is -0.139. The minimum absolute atomic E-state index is 0.00672. The smallest absolute Gasteiger partial charge is 0.243 e. The largest absolute Gasteiger partial charge is 0.352 e. The Balaban J connectivity index is 1.70. The average Bonchev–Trinajstić information content (AvgIpc) is 3.27. The summed E-state index contributed by atoms with van der Waals surface area (Å²) in [4.78, 5) is 28.3. The Labute approximate surface area is 207 Å². The van der Waals surface area contributed by atoms with Crippen LogP contribution in [0.4, 0.5) is 0 Å². The lowest BCUT2D eigenvalue weighted by Crippen LogP contribution is -2.51. The molecule has 1 aliphatic carbocycles. The fourth-order valence-electron chi connectivity index (χ4n) is 4.56. The van der Waals surface area contributed by atoms with E-state index in [-0.39, 0.29) is 17.9 Å². The van der Waals surface area contributed by atoms with Crippen molar-refractivity contribution < 1.29 is 9.59 Å². The van der Waals surface area contributed by atoms with Crippen molar-refractivity contribution >= 4 is 35.2 Å². The molecule has 2 aromatic carbocycles. The van der Waals surface area contributed by atoms with Gasteiger partial charge >= 0.3 is 0 Å². The number of nitrogens with zero attached hydrogens (tertiary/aromatic N) is 1.